The zero-order chi connectivity index (χ0) is 16.7. The highest BCUT2D eigenvalue weighted by Gasteiger charge is 2.19. The summed E-state index contributed by atoms with van der Waals surface area (Å²) < 4.78 is 0. The normalized spacial score (nSPS) is 14.3. The van der Waals surface area contributed by atoms with Crippen molar-refractivity contribution in [3.63, 3.8) is 0 Å². The SMILES string of the molecule is CC(C)=CC(C)(C)C/C(C)=C/C(C)(C)CC/C(C)=C/CBr. The van der Waals surface area contributed by atoms with Crippen molar-refractivity contribution in [1.29, 1.82) is 0 Å². The van der Waals surface area contributed by atoms with Gasteiger partial charge in [0.15, 0.2) is 0 Å². The third kappa shape index (κ3) is 11.0. The fourth-order valence-corrected chi connectivity index (χ4v) is 3.65. The number of alkyl halides is 1. The van der Waals surface area contributed by atoms with E-state index < -0.39 is 0 Å². The average molecular weight is 355 g/mol. The number of hydrogen-bond acceptors (Lipinski definition) is 0. The Labute approximate surface area is 141 Å². The Morgan fingerprint density at radius 3 is 1.90 bits per heavy atom. The maximum absolute atomic E-state index is 3.47. The van der Waals surface area contributed by atoms with Gasteiger partial charge in [-0.1, -0.05) is 78.6 Å². The Hall–Kier alpha value is -0.300. The van der Waals surface area contributed by atoms with E-state index in [0.717, 1.165) is 11.8 Å². The molecule has 0 radical (unpaired) electrons. The molecule has 0 unspecified atom stereocenters. The van der Waals surface area contributed by atoms with Gasteiger partial charge in [-0.15, -0.1) is 0 Å². The lowest BCUT2D eigenvalue weighted by atomic mass is 9.80. The molecule has 0 rings (SSSR count). The molecular weight excluding hydrogens is 320 g/mol. The summed E-state index contributed by atoms with van der Waals surface area (Å²) in [7, 11) is 0. The standard InChI is InChI=1S/C20H35Br/c1-16(2)13-20(7,8)15-18(4)14-19(5,6)11-9-17(3)10-12-21/h10,13-14H,9,11-12,15H2,1-8H3/b17-10+,18-14+. The molecule has 0 saturated heterocycles. The number of rotatable bonds is 8. The van der Waals surface area contributed by atoms with Gasteiger partial charge in [0.1, 0.15) is 0 Å². The van der Waals surface area contributed by atoms with E-state index in [1.165, 1.54) is 29.6 Å². The molecule has 0 bridgehead atoms. The largest absolute Gasteiger partial charge is 0.0883 e. The minimum atomic E-state index is 0.251. The first kappa shape index (κ1) is 20.7. The number of allylic oxidation sites excluding steroid dienone is 6. The zero-order valence-electron chi connectivity index (χ0n) is 15.4. The molecule has 0 fully saturated rings. The predicted octanol–water partition coefficient (Wildman–Crippen LogP) is 7.46. The van der Waals surface area contributed by atoms with Crippen molar-refractivity contribution >= 4 is 15.9 Å². The van der Waals surface area contributed by atoms with Gasteiger partial charge in [0, 0.05) is 5.33 Å². The van der Waals surface area contributed by atoms with Crippen molar-refractivity contribution in [2.75, 3.05) is 5.33 Å². The fourth-order valence-electron chi connectivity index (χ4n) is 3.09. The Balaban J connectivity index is 4.73. The van der Waals surface area contributed by atoms with Gasteiger partial charge in [0.2, 0.25) is 0 Å². The van der Waals surface area contributed by atoms with Crippen LogP contribution >= 0.6 is 15.9 Å². The van der Waals surface area contributed by atoms with E-state index in [1.54, 1.807) is 0 Å². The highest BCUT2D eigenvalue weighted by atomic mass is 79.9. The summed E-state index contributed by atoms with van der Waals surface area (Å²) in [4.78, 5) is 0. The van der Waals surface area contributed by atoms with Gasteiger partial charge < -0.3 is 0 Å². The van der Waals surface area contributed by atoms with Crippen LogP contribution < -0.4 is 0 Å². The fraction of sp³-hybridized carbons (Fsp3) is 0.700. The van der Waals surface area contributed by atoms with Crippen molar-refractivity contribution in [3.8, 4) is 0 Å². The summed E-state index contributed by atoms with van der Waals surface area (Å²) >= 11 is 3.47. The second-order valence-corrected chi connectivity index (χ2v) is 8.72. The van der Waals surface area contributed by atoms with Crippen LogP contribution in [-0.2, 0) is 0 Å². The molecule has 0 N–H and O–H groups in total. The van der Waals surface area contributed by atoms with Gasteiger partial charge in [0.25, 0.3) is 0 Å². The molecule has 1 heteroatoms. The quantitative estimate of drug-likeness (QED) is 0.313. The molecule has 0 atom stereocenters. The van der Waals surface area contributed by atoms with Gasteiger partial charge in [0.05, 0.1) is 0 Å². The summed E-state index contributed by atoms with van der Waals surface area (Å²) in [6, 6.07) is 0. The maximum Gasteiger partial charge on any atom is 0.0214 e. The molecule has 0 aliphatic rings. The lowest BCUT2D eigenvalue weighted by Crippen LogP contribution is -2.12. The van der Waals surface area contributed by atoms with Crippen LogP contribution in [0.15, 0.2) is 34.9 Å². The molecular formula is C20H35Br. The second-order valence-electron chi connectivity index (χ2n) is 8.07. The van der Waals surface area contributed by atoms with Crippen molar-refractivity contribution in [1.82, 2.24) is 0 Å². The van der Waals surface area contributed by atoms with Gasteiger partial charge in [-0.05, 0) is 57.8 Å². The van der Waals surface area contributed by atoms with E-state index in [1.807, 2.05) is 0 Å². The highest BCUT2D eigenvalue weighted by Crippen LogP contribution is 2.33. The molecule has 0 heterocycles. The Bertz CT molecular complexity index is 402. The second kappa shape index (κ2) is 8.98. The average Bonchev–Trinajstić information content (AvgIpc) is 2.23. The summed E-state index contributed by atoms with van der Waals surface area (Å²) in [5.74, 6) is 0. The van der Waals surface area contributed by atoms with E-state index in [0.29, 0.717) is 0 Å². The van der Waals surface area contributed by atoms with E-state index in [-0.39, 0.29) is 10.8 Å². The van der Waals surface area contributed by atoms with Crippen LogP contribution in [0.4, 0.5) is 0 Å². The molecule has 0 nitrogen and oxygen atoms in total. The van der Waals surface area contributed by atoms with Crippen LogP contribution in [0, 0.1) is 10.8 Å². The first-order valence-electron chi connectivity index (χ1n) is 8.03. The number of hydrogen-bond donors (Lipinski definition) is 0. The van der Waals surface area contributed by atoms with Crippen molar-refractivity contribution in [3.05, 3.63) is 34.9 Å². The van der Waals surface area contributed by atoms with Crippen LogP contribution in [0.5, 0.6) is 0 Å². The van der Waals surface area contributed by atoms with E-state index in [2.05, 4.69) is 89.5 Å². The first-order valence-corrected chi connectivity index (χ1v) is 9.15. The molecule has 0 aromatic carbocycles. The smallest absolute Gasteiger partial charge is 0.0214 e. The third-order valence-corrected chi connectivity index (χ3v) is 3.96. The van der Waals surface area contributed by atoms with Crippen molar-refractivity contribution in [2.24, 2.45) is 10.8 Å². The molecule has 0 aliphatic heterocycles. The molecule has 0 spiro atoms. The molecule has 0 aliphatic carbocycles. The first-order chi connectivity index (χ1) is 9.47. The Morgan fingerprint density at radius 1 is 0.857 bits per heavy atom. The van der Waals surface area contributed by atoms with Gasteiger partial charge in [-0.25, -0.2) is 0 Å². The zero-order valence-corrected chi connectivity index (χ0v) is 17.0. The Kier molecular flexibility index (Phi) is 8.85. The summed E-state index contributed by atoms with van der Waals surface area (Å²) in [5, 5.41) is 0.963. The predicted molar refractivity (Wildman–Crippen MR) is 102 cm³/mol. The maximum atomic E-state index is 3.47. The van der Waals surface area contributed by atoms with Crippen LogP contribution in [0.25, 0.3) is 0 Å². The minimum absolute atomic E-state index is 0.251. The molecule has 0 aromatic rings. The molecule has 0 amide bonds. The van der Waals surface area contributed by atoms with Crippen LogP contribution in [-0.4, -0.2) is 5.33 Å². The molecule has 0 saturated carbocycles. The topological polar surface area (TPSA) is 0 Å². The van der Waals surface area contributed by atoms with Gasteiger partial charge in [-0.2, -0.15) is 0 Å². The summed E-state index contributed by atoms with van der Waals surface area (Å²) in [5.41, 5.74) is 4.91. The number of halogens is 1. The van der Waals surface area contributed by atoms with Crippen molar-refractivity contribution < 1.29 is 0 Å². The summed E-state index contributed by atoms with van der Waals surface area (Å²) in [6.07, 6.45) is 10.7. The van der Waals surface area contributed by atoms with Crippen molar-refractivity contribution in [2.45, 2.75) is 74.7 Å². The van der Waals surface area contributed by atoms with E-state index in [4.69, 9.17) is 0 Å². The van der Waals surface area contributed by atoms with E-state index in [9.17, 15) is 0 Å². The lowest BCUT2D eigenvalue weighted by Gasteiger charge is -2.26. The minimum Gasteiger partial charge on any atom is -0.0883 e. The van der Waals surface area contributed by atoms with Crippen LogP contribution in [0.3, 0.4) is 0 Å². The third-order valence-electron chi connectivity index (χ3n) is 3.64. The van der Waals surface area contributed by atoms with Crippen LogP contribution in [0.1, 0.15) is 74.7 Å². The molecule has 122 valence electrons. The van der Waals surface area contributed by atoms with E-state index >= 15 is 0 Å². The Morgan fingerprint density at radius 2 is 1.43 bits per heavy atom. The van der Waals surface area contributed by atoms with Gasteiger partial charge in [-0.3, -0.25) is 0 Å². The highest BCUT2D eigenvalue weighted by molar-refractivity contribution is 9.09. The molecule has 0 aromatic heterocycles. The summed E-state index contributed by atoms with van der Waals surface area (Å²) in [6.45, 7) is 18.2. The lowest BCUT2D eigenvalue weighted by molar-refractivity contribution is 0.422. The monoisotopic (exact) mass is 354 g/mol. The van der Waals surface area contributed by atoms with Crippen LogP contribution in [0.2, 0.25) is 0 Å². The molecule has 21 heavy (non-hydrogen) atoms. The van der Waals surface area contributed by atoms with Gasteiger partial charge >= 0.3 is 0 Å².